The summed E-state index contributed by atoms with van der Waals surface area (Å²) < 4.78 is 4.78. The largest absolute Gasteiger partial charge is 0.481 e. The van der Waals surface area contributed by atoms with E-state index in [0.29, 0.717) is 19.6 Å². The third-order valence-corrected chi connectivity index (χ3v) is 2.70. The molecule has 0 aliphatic carbocycles. The zero-order chi connectivity index (χ0) is 15.5. The van der Waals surface area contributed by atoms with Crippen molar-refractivity contribution in [2.45, 2.75) is 13.3 Å². The summed E-state index contributed by atoms with van der Waals surface area (Å²) in [6.45, 7) is 2.46. The molecule has 20 heavy (non-hydrogen) atoms. The van der Waals surface area contributed by atoms with E-state index in [1.165, 1.54) is 19.1 Å². The van der Waals surface area contributed by atoms with Gasteiger partial charge in [-0.05, 0) is 6.42 Å². The van der Waals surface area contributed by atoms with E-state index >= 15 is 0 Å². The van der Waals surface area contributed by atoms with Crippen LogP contribution in [0.5, 0.6) is 0 Å². The second-order valence-electron chi connectivity index (χ2n) is 4.33. The summed E-state index contributed by atoms with van der Waals surface area (Å²) in [4.78, 5) is 35.1. The molecule has 0 aliphatic rings. The molecule has 0 radical (unpaired) electrons. The van der Waals surface area contributed by atoms with Crippen molar-refractivity contribution in [2.75, 3.05) is 40.4 Å². The van der Waals surface area contributed by atoms with Crippen LogP contribution < -0.4 is 10.6 Å². The molecular weight excluding hydrogens is 266 g/mol. The SMILES string of the molecule is CCC(CNC(=O)N(C)CC(=O)NCCOC)C(=O)O. The van der Waals surface area contributed by atoms with Gasteiger partial charge in [-0.3, -0.25) is 9.59 Å². The zero-order valence-corrected chi connectivity index (χ0v) is 12.1. The van der Waals surface area contributed by atoms with Gasteiger partial charge in [0, 0.05) is 27.2 Å². The molecule has 0 saturated heterocycles. The molecule has 0 rings (SSSR count). The van der Waals surface area contributed by atoms with Crippen LogP contribution in [0.3, 0.4) is 0 Å². The number of urea groups is 1. The summed E-state index contributed by atoms with van der Waals surface area (Å²) in [5.41, 5.74) is 0. The first-order valence-electron chi connectivity index (χ1n) is 6.39. The minimum atomic E-state index is -0.951. The predicted molar refractivity (Wildman–Crippen MR) is 72.3 cm³/mol. The van der Waals surface area contributed by atoms with E-state index < -0.39 is 17.9 Å². The number of rotatable bonds is 9. The Morgan fingerprint density at radius 2 is 1.95 bits per heavy atom. The Morgan fingerprint density at radius 1 is 1.30 bits per heavy atom. The van der Waals surface area contributed by atoms with Crippen molar-refractivity contribution >= 4 is 17.9 Å². The number of carbonyl (C=O) groups is 3. The molecule has 0 spiro atoms. The fraction of sp³-hybridized carbons (Fsp3) is 0.750. The number of hydrogen-bond acceptors (Lipinski definition) is 4. The summed E-state index contributed by atoms with van der Waals surface area (Å²) in [6, 6.07) is -0.480. The number of likely N-dealkylation sites (N-methyl/N-ethyl adjacent to an activating group) is 1. The Morgan fingerprint density at radius 3 is 2.45 bits per heavy atom. The number of carboxylic acid groups (broad SMARTS) is 1. The number of amides is 3. The first kappa shape index (κ1) is 18.2. The predicted octanol–water partition coefficient (Wildman–Crippen LogP) is -0.499. The molecule has 1 atom stereocenters. The average Bonchev–Trinajstić information content (AvgIpc) is 2.38. The van der Waals surface area contributed by atoms with Crippen LogP contribution in [-0.4, -0.2) is 68.3 Å². The van der Waals surface area contributed by atoms with E-state index in [9.17, 15) is 14.4 Å². The Hall–Kier alpha value is -1.83. The second-order valence-corrected chi connectivity index (χ2v) is 4.33. The summed E-state index contributed by atoms with van der Waals surface area (Å²) >= 11 is 0. The van der Waals surface area contributed by atoms with Gasteiger partial charge in [0.2, 0.25) is 5.91 Å². The van der Waals surface area contributed by atoms with Gasteiger partial charge in [0.05, 0.1) is 12.5 Å². The molecule has 0 aromatic rings. The lowest BCUT2D eigenvalue weighted by molar-refractivity contribution is -0.141. The number of carboxylic acids is 1. The average molecular weight is 289 g/mol. The highest BCUT2D eigenvalue weighted by Gasteiger charge is 2.18. The molecule has 8 heteroatoms. The third kappa shape index (κ3) is 7.57. The van der Waals surface area contributed by atoms with Gasteiger partial charge in [-0.2, -0.15) is 0 Å². The van der Waals surface area contributed by atoms with Crippen molar-refractivity contribution in [3.63, 3.8) is 0 Å². The van der Waals surface area contributed by atoms with E-state index in [-0.39, 0.29) is 19.0 Å². The van der Waals surface area contributed by atoms with Crippen molar-refractivity contribution < 1.29 is 24.2 Å². The lowest BCUT2D eigenvalue weighted by atomic mass is 10.1. The van der Waals surface area contributed by atoms with Crippen molar-refractivity contribution in [3.05, 3.63) is 0 Å². The molecule has 3 N–H and O–H groups in total. The fourth-order valence-corrected chi connectivity index (χ4v) is 1.39. The Balaban J connectivity index is 4.02. The first-order chi connectivity index (χ1) is 9.42. The maximum absolute atomic E-state index is 11.7. The van der Waals surface area contributed by atoms with E-state index in [2.05, 4.69) is 10.6 Å². The topological polar surface area (TPSA) is 108 Å². The number of nitrogens with one attached hydrogen (secondary N) is 2. The number of hydrogen-bond donors (Lipinski definition) is 3. The molecule has 0 aromatic heterocycles. The number of carbonyl (C=O) groups excluding carboxylic acids is 2. The highest BCUT2D eigenvalue weighted by molar-refractivity contribution is 5.84. The van der Waals surface area contributed by atoms with Crippen LogP contribution >= 0.6 is 0 Å². The van der Waals surface area contributed by atoms with Crippen LogP contribution in [0, 0.1) is 5.92 Å². The lowest BCUT2D eigenvalue weighted by Gasteiger charge is -2.19. The van der Waals surface area contributed by atoms with Crippen molar-refractivity contribution in [1.29, 1.82) is 0 Å². The van der Waals surface area contributed by atoms with E-state index in [1.54, 1.807) is 6.92 Å². The molecular formula is C12H23N3O5. The summed E-state index contributed by atoms with van der Waals surface area (Å²) in [6.07, 6.45) is 0.427. The van der Waals surface area contributed by atoms with Crippen molar-refractivity contribution in [1.82, 2.24) is 15.5 Å². The normalized spacial score (nSPS) is 11.6. The van der Waals surface area contributed by atoms with Crippen LogP contribution in [0.15, 0.2) is 0 Å². The Labute approximate surface area is 118 Å². The van der Waals surface area contributed by atoms with Crippen LogP contribution in [-0.2, 0) is 14.3 Å². The van der Waals surface area contributed by atoms with Crippen molar-refractivity contribution in [2.24, 2.45) is 5.92 Å². The fourth-order valence-electron chi connectivity index (χ4n) is 1.39. The molecule has 0 aromatic carbocycles. The molecule has 0 saturated carbocycles. The molecule has 0 fully saturated rings. The van der Waals surface area contributed by atoms with E-state index in [0.717, 1.165) is 0 Å². The zero-order valence-electron chi connectivity index (χ0n) is 12.1. The van der Waals surface area contributed by atoms with Crippen LogP contribution in [0.1, 0.15) is 13.3 Å². The minimum Gasteiger partial charge on any atom is -0.481 e. The van der Waals surface area contributed by atoms with Crippen LogP contribution in [0.25, 0.3) is 0 Å². The van der Waals surface area contributed by atoms with Gasteiger partial charge in [-0.25, -0.2) is 4.79 Å². The first-order valence-corrected chi connectivity index (χ1v) is 6.39. The third-order valence-electron chi connectivity index (χ3n) is 2.70. The Kier molecular flexibility index (Phi) is 9.10. The number of ether oxygens (including phenoxy) is 1. The van der Waals surface area contributed by atoms with Crippen LogP contribution in [0.2, 0.25) is 0 Å². The van der Waals surface area contributed by atoms with Gasteiger partial charge in [0.15, 0.2) is 0 Å². The smallest absolute Gasteiger partial charge is 0.317 e. The van der Waals surface area contributed by atoms with Gasteiger partial charge >= 0.3 is 12.0 Å². The quantitative estimate of drug-likeness (QED) is 0.496. The van der Waals surface area contributed by atoms with Gasteiger partial charge in [0.25, 0.3) is 0 Å². The number of methoxy groups -OCH3 is 1. The maximum atomic E-state index is 11.7. The molecule has 0 aliphatic heterocycles. The second kappa shape index (κ2) is 10.0. The molecule has 0 bridgehead atoms. The molecule has 116 valence electrons. The van der Waals surface area contributed by atoms with Crippen molar-refractivity contribution in [3.8, 4) is 0 Å². The molecule has 8 nitrogen and oxygen atoms in total. The lowest BCUT2D eigenvalue weighted by Crippen LogP contribution is -2.45. The maximum Gasteiger partial charge on any atom is 0.317 e. The summed E-state index contributed by atoms with van der Waals surface area (Å²) in [5, 5.41) is 13.9. The molecule has 0 heterocycles. The van der Waals surface area contributed by atoms with E-state index in [1.807, 2.05) is 0 Å². The number of aliphatic carboxylic acids is 1. The molecule has 3 amide bonds. The summed E-state index contributed by atoms with van der Waals surface area (Å²) in [7, 11) is 2.99. The van der Waals surface area contributed by atoms with Crippen LogP contribution in [0.4, 0.5) is 4.79 Å². The van der Waals surface area contributed by atoms with Gasteiger partial charge < -0.3 is 25.4 Å². The van der Waals surface area contributed by atoms with E-state index in [4.69, 9.17) is 9.84 Å². The van der Waals surface area contributed by atoms with Gasteiger partial charge in [0.1, 0.15) is 6.54 Å². The number of nitrogens with zero attached hydrogens (tertiary/aromatic N) is 1. The minimum absolute atomic E-state index is 0.0420. The highest BCUT2D eigenvalue weighted by atomic mass is 16.5. The molecule has 1 unspecified atom stereocenters. The standard InChI is InChI=1S/C12H23N3O5/c1-4-9(11(17)18)7-14-12(19)15(2)8-10(16)13-5-6-20-3/h9H,4-8H2,1-3H3,(H,13,16)(H,14,19)(H,17,18). The van der Waals surface area contributed by atoms with Gasteiger partial charge in [-0.15, -0.1) is 0 Å². The Bertz CT molecular complexity index is 335. The van der Waals surface area contributed by atoms with Gasteiger partial charge in [-0.1, -0.05) is 6.92 Å². The monoisotopic (exact) mass is 289 g/mol. The summed E-state index contributed by atoms with van der Waals surface area (Å²) in [5.74, 6) is -1.87. The highest BCUT2D eigenvalue weighted by Crippen LogP contribution is 2.00.